The highest BCUT2D eigenvalue weighted by Crippen LogP contribution is 2.26. The van der Waals surface area contributed by atoms with Crippen LogP contribution in [0.15, 0.2) is 0 Å². The molecule has 6 nitrogen and oxygen atoms in total. The summed E-state index contributed by atoms with van der Waals surface area (Å²) in [5, 5.41) is 20.1. The molecule has 2 heterocycles. The first-order valence-electron chi connectivity index (χ1n) is 4.09. The Morgan fingerprint density at radius 3 is 2.69 bits per heavy atom. The number of hydrogen-bond acceptors (Lipinski definition) is 4. The van der Waals surface area contributed by atoms with Gasteiger partial charge >= 0.3 is 6.09 Å². The smallest absolute Gasteiger partial charge is 0.405 e. The molecule has 0 aromatic rings. The summed E-state index contributed by atoms with van der Waals surface area (Å²) in [6, 6.07) is -0.361. The monoisotopic (exact) mass is 189 g/mol. The third kappa shape index (κ3) is 1.48. The minimum Gasteiger partial charge on any atom is -0.465 e. The second-order valence-corrected chi connectivity index (χ2v) is 3.22. The average Bonchev–Trinajstić information content (AvgIpc) is 2.56. The zero-order valence-electron chi connectivity index (χ0n) is 6.84. The summed E-state index contributed by atoms with van der Waals surface area (Å²) in [5.74, 6) is 0. The fraction of sp³-hybridized carbons (Fsp3) is 0.857. The van der Waals surface area contributed by atoms with E-state index >= 15 is 0 Å². The topological polar surface area (TPSA) is 88.0 Å². The van der Waals surface area contributed by atoms with E-state index in [0.29, 0.717) is 0 Å². The van der Waals surface area contributed by atoms with Crippen LogP contribution in [-0.2, 0) is 9.47 Å². The van der Waals surface area contributed by atoms with Gasteiger partial charge in [0.25, 0.3) is 0 Å². The molecule has 6 heteroatoms. The maximum atomic E-state index is 10.3. The number of carbonyl (C=O) groups is 1. The highest BCUT2D eigenvalue weighted by molar-refractivity contribution is 5.65. The minimum absolute atomic E-state index is 0.215. The van der Waals surface area contributed by atoms with E-state index in [1.807, 2.05) is 0 Å². The minimum atomic E-state index is -1.10. The Balaban J connectivity index is 1.98. The van der Waals surface area contributed by atoms with Gasteiger partial charge in [0.1, 0.15) is 18.3 Å². The fourth-order valence-electron chi connectivity index (χ4n) is 1.76. The molecule has 3 N–H and O–H groups in total. The van der Waals surface area contributed by atoms with Crippen molar-refractivity contribution >= 4 is 6.09 Å². The summed E-state index contributed by atoms with van der Waals surface area (Å²) >= 11 is 0. The number of carboxylic acid groups (broad SMARTS) is 1. The summed E-state index contributed by atoms with van der Waals surface area (Å²) in [7, 11) is 0. The summed E-state index contributed by atoms with van der Waals surface area (Å²) in [6.45, 7) is 0.478. The predicted molar refractivity (Wildman–Crippen MR) is 40.4 cm³/mol. The molecule has 0 radical (unpaired) electrons. The molecule has 0 saturated carbocycles. The molecule has 0 aromatic heterocycles. The molecule has 1 amide bonds. The van der Waals surface area contributed by atoms with E-state index in [4.69, 9.17) is 14.6 Å². The van der Waals surface area contributed by atoms with Crippen molar-refractivity contribution in [1.29, 1.82) is 0 Å². The van der Waals surface area contributed by atoms with Gasteiger partial charge in [-0.05, 0) is 0 Å². The van der Waals surface area contributed by atoms with Gasteiger partial charge < -0.3 is 25.0 Å². The van der Waals surface area contributed by atoms with E-state index in [-0.39, 0.29) is 31.5 Å². The van der Waals surface area contributed by atoms with Gasteiger partial charge in [-0.3, -0.25) is 0 Å². The van der Waals surface area contributed by atoms with Crippen molar-refractivity contribution in [3.63, 3.8) is 0 Å². The van der Waals surface area contributed by atoms with Crippen LogP contribution in [0.5, 0.6) is 0 Å². The average molecular weight is 189 g/mol. The molecule has 0 aromatic carbocycles. The van der Waals surface area contributed by atoms with Crippen LogP contribution in [-0.4, -0.2) is 53.9 Å². The van der Waals surface area contributed by atoms with E-state index in [0.717, 1.165) is 0 Å². The maximum Gasteiger partial charge on any atom is 0.405 e. The van der Waals surface area contributed by atoms with Crippen LogP contribution >= 0.6 is 0 Å². The summed E-state index contributed by atoms with van der Waals surface area (Å²) in [4.78, 5) is 10.3. The van der Waals surface area contributed by atoms with Crippen LogP contribution in [0, 0.1) is 0 Å². The third-order valence-electron chi connectivity index (χ3n) is 2.34. The zero-order valence-corrected chi connectivity index (χ0v) is 6.84. The lowest BCUT2D eigenvalue weighted by atomic mass is 10.1. The van der Waals surface area contributed by atoms with Crippen LogP contribution in [0.1, 0.15) is 0 Å². The quantitative estimate of drug-likeness (QED) is 0.481. The molecule has 0 unspecified atom stereocenters. The van der Waals surface area contributed by atoms with Crippen LogP contribution in [0.4, 0.5) is 4.79 Å². The molecular weight excluding hydrogens is 178 g/mol. The van der Waals surface area contributed by atoms with Crippen LogP contribution in [0.25, 0.3) is 0 Å². The van der Waals surface area contributed by atoms with Gasteiger partial charge in [-0.1, -0.05) is 0 Å². The highest BCUT2D eigenvalue weighted by Gasteiger charge is 2.47. The normalized spacial score (nSPS) is 43.2. The van der Waals surface area contributed by atoms with E-state index < -0.39 is 12.2 Å². The largest absolute Gasteiger partial charge is 0.465 e. The third-order valence-corrected chi connectivity index (χ3v) is 2.34. The maximum absolute atomic E-state index is 10.3. The van der Waals surface area contributed by atoms with Crippen LogP contribution in [0.3, 0.4) is 0 Å². The van der Waals surface area contributed by atoms with Crippen molar-refractivity contribution in [1.82, 2.24) is 5.32 Å². The standard InChI is InChI=1S/C7H11NO5/c9-4-2-13-5-3(8-7(10)11)1-12-6(4)5/h3-6,8-9H,1-2H2,(H,10,11)/t3-,4+,5+,6+/m0/s1. The molecule has 4 atom stereocenters. The molecular formula is C7H11NO5. The number of amides is 1. The molecule has 74 valence electrons. The first-order chi connectivity index (χ1) is 6.18. The number of aliphatic hydroxyl groups excluding tert-OH is 1. The number of ether oxygens (including phenoxy) is 2. The number of aliphatic hydroxyl groups is 1. The SMILES string of the molecule is O=C(O)N[C@H]1CO[C@H]2[C@@H]1OC[C@H]2O. The lowest BCUT2D eigenvalue weighted by molar-refractivity contribution is 0.0179. The molecule has 2 aliphatic rings. The van der Waals surface area contributed by atoms with Crippen molar-refractivity contribution in [3.05, 3.63) is 0 Å². The lowest BCUT2D eigenvalue weighted by Crippen LogP contribution is -2.43. The first kappa shape index (κ1) is 8.74. The van der Waals surface area contributed by atoms with Gasteiger partial charge in [0.05, 0.1) is 19.3 Å². The van der Waals surface area contributed by atoms with Crippen molar-refractivity contribution in [3.8, 4) is 0 Å². The van der Waals surface area contributed by atoms with Crippen molar-refractivity contribution in [2.75, 3.05) is 13.2 Å². The molecule has 0 spiro atoms. The Morgan fingerprint density at radius 1 is 1.31 bits per heavy atom. The van der Waals surface area contributed by atoms with Gasteiger partial charge in [-0.25, -0.2) is 4.79 Å². The van der Waals surface area contributed by atoms with E-state index in [9.17, 15) is 9.90 Å². The second-order valence-electron chi connectivity index (χ2n) is 3.22. The predicted octanol–water partition coefficient (Wildman–Crippen LogP) is -1.22. The van der Waals surface area contributed by atoms with E-state index in [1.165, 1.54) is 0 Å². The Hall–Kier alpha value is -0.850. The van der Waals surface area contributed by atoms with Crippen molar-refractivity contribution < 1.29 is 24.5 Å². The Bertz CT molecular complexity index is 221. The van der Waals surface area contributed by atoms with Gasteiger partial charge in [0.15, 0.2) is 0 Å². The Labute approximate surface area is 74.4 Å². The molecule has 2 fully saturated rings. The summed E-state index contributed by atoms with van der Waals surface area (Å²) < 4.78 is 10.4. The number of rotatable bonds is 1. The lowest BCUT2D eigenvalue weighted by Gasteiger charge is -2.14. The van der Waals surface area contributed by atoms with Crippen molar-refractivity contribution in [2.24, 2.45) is 0 Å². The Kier molecular flexibility index (Phi) is 2.10. The molecule has 0 aliphatic carbocycles. The fourth-order valence-corrected chi connectivity index (χ4v) is 1.76. The number of fused-ring (bicyclic) bond motifs is 1. The van der Waals surface area contributed by atoms with Gasteiger partial charge in [-0.2, -0.15) is 0 Å². The van der Waals surface area contributed by atoms with E-state index in [2.05, 4.69) is 5.32 Å². The molecule has 13 heavy (non-hydrogen) atoms. The molecule has 2 rings (SSSR count). The first-order valence-corrected chi connectivity index (χ1v) is 4.09. The highest BCUT2D eigenvalue weighted by atomic mass is 16.6. The Morgan fingerprint density at radius 2 is 2.00 bits per heavy atom. The zero-order chi connectivity index (χ0) is 9.42. The summed E-state index contributed by atoms with van der Waals surface area (Å²) in [6.07, 6.45) is -2.45. The molecule has 2 aliphatic heterocycles. The van der Waals surface area contributed by atoms with Crippen molar-refractivity contribution in [2.45, 2.75) is 24.4 Å². The van der Waals surface area contributed by atoms with Crippen LogP contribution in [0.2, 0.25) is 0 Å². The van der Waals surface area contributed by atoms with Gasteiger partial charge in [-0.15, -0.1) is 0 Å². The van der Waals surface area contributed by atoms with E-state index in [1.54, 1.807) is 0 Å². The van der Waals surface area contributed by atoms with Crippen LogP contribution < -0.4 is 5.32 Å². The number of nitrogens with one attached hydrogen (secondary N) is 1. The molecule has 2 saturated heterocycles. The second kappa shape index (κ2) is 3.13. The number of hydrogen-bond donors (Lipinski definition) is 3. The van der Waals surface area contributed by atoms with Gasteiger partial charge in [0.2, 0.25) is 0 Å². The van der Waals surface area contributed by atoms with Gasteiger partial charge in [0, 0.05) is 0 Å². The summed E-state index contributed by atoms with van der Waals surface area (Å²) in [5.41, 5.74) is 0. The molecule has 0 bridgehead atoms.